The van der Waals surface area contributed by atoms with E-state index in [9.17, 15) is 9.90 Å². The Bertz CT molecular complexity index is 391. The Hall–Kier alpha value is -1.55. The molecular formula is C12H18N2O2. The number of phenolic OH excluding ortho intramolecular Hbond substituents is 1. The summed E-state index contributed by atoms with van der Waals surface area (Å²) >= 11 is 0. The van der Waals surface area contributed by atoms with Crippen molar-refractivity contribution in [3.8, 4) is 5.75 Å². The molecule has 0 heterocycles. The van der Waals surface area contributed by atoms with Gasteiger partial charge in [0.2, 0.25) is 0 Å². The zero-order valence-corrected chi connectivity index (χ0v) is 9.90. The van der Waals surface area contributed by atoms with Gasteiger partial charge in [-0.15, -0.1) is 0 Å². The van der Waals surface area contributed by atoms with E-state index in [1.165, 1.54) is 6.07 Å². The lowest BCUT2D eigenvalue weighted by Gasteiger charge is -2.24. The zero-order valence-electron chi connectivity index (χ0n) is 9.90. The van der Waals surface area contributed by atoms with Crippen LogP contribution in [0.25, 0.3) is 0 Å². The van der Waals surface area contributed by atoms with Gasteiger partial charge in [0.25, 0.3) is 5.91 Å². The monoisotopic (exact) mass is 222 g/mol. The molecule has 4 nitrogen and oxygen atoms in total. The fourth-order valence-corrected chi connectivity index (χ4v) is 1.44. The number of benzene rings is 1. The van der Waals surface area contributed by atoms with Crippen LogP contribution < -0.4 is 5.73 Å². The molecule has 88 valence electrons. The van der Waals surface area contributed by atoms with Crippen LogP contribution in [0.5, 0.6) is 5.75 Å². The molecule has 1 rings (SSSR count). The first kappa shape index (κ1) is 12.5. The molecule has 0 spiro atoms. The first-order chi connectivity index (χ1) is 7.47. The van der Waals surface area contributed by atoms with Crippen molar-refractivity contribution in [3.63, 3.8) is 0 Å². The number of phenols is 1. The van der Waals surface area contributed by atoms with Crippen LogP contribution >= 0.6 is 0 Å². The summed E-state index contributed by atoms with van der Waals surface area (Å²) in [5.41, 5.74) is 6.88. The van der Waals surface area contributed by atoms with Gasteiger partial charge >= 0.3 is 0 Å². The summed E-state index contributed by atoms with van der Waals surface area (Å²) in [5.74, 6) is 0.0963. The number of aryl methyl sites for hydroxylation is 1. The highest BCUT2D eigenvalue weighted by molar-refractivity contribution is 5.95. The summed E-state index contributed by atoms with van der Waals surface area (Å²) in [6.45, 7) is 4.13. The number of carbonyl (C=O) groups excluding carboxylic acids is 1. The molecule has 0 saturated heterocycles. The standard InChI is InChI=1S/C12H18N2O2/c1-8-6-10(15)4-5-11(8)12(16)14(3)9(2)7-13/h4-6,9,15H,7,13H2,1-3H3. The summed E-state index contributed by atoms with van der Waals surface area (Å²) in [6, 6.07) is 4.72. The van der Waals surface area contributed by atoms with E-state index in [-0.39, 0.29) is 17.7 Å². The minimum atomic E-state index is -0.0737. The van der Waals surface area contributed by atoms with Gasteiger partial charge in [-0.2, -0.15) is 0 Å². The van der Waals surface area contributed by atoms with Crippen LogP contribution in [0, 0.1) is 6.92 Å². The molecule has 0 aromatic heterocycles. The maximum Gasteiger partial charge on any atom is 0.254 e. The Morgan fingerprint density at radius 1 is 1.56 bits per heavy atom. The van der Waals surface area contributed by atoms with Crippen molar-refractivity contribution in [2.75, 3.05) is 13.6 Å². The van der Waals surface area contributed by atoms with E-state index < -0.39 is 0 Å². The number of hydrogen-bond donors (Lipinski definition) is 2. The molecular weight excluding hydrogens is 204 g/mol. The highest BCUT2D eigenvalue weighted by Gasteiger charge is 2.17. The highest BCUT2D eigenvalue weighted by atomic mass is 16.3. The number of amides is 1. The van der Waals surface area contributed by atoms with Crippen molar-refractivity contribution in [1.29, 1.82) is 0 Å². The summed E-state index contributed by atoms with van der Waals surface area (Å²) in [7, 11) is 1.73. The van der Waals surface area contributed by atoms with Crippen LogP contribution in [0.1, 0.15) is 22.8 Å². The predicted octanol–water partition coefficient (Wildman–Crippen LogP) is 1.12. The topological polar surface area (TPSA) is 66.6 Å². The number of nitrogens with zero attached hydrogens (tertiary/aromatic N) is 1. The molecule has 0 aliphatic carbocycles. The number of rotatable bonds is 3. The van der Waals surface area contributed by atoms with E-state index in [4.69, 9.17) is 5.73 Å². The molecule has 1 unspecified atom stereocenters. The van der Waals surface area contributed by atoms with Crippen molar-refractivity contribution in [2.24, 2.45) is 5.73 Å². The van der Waals surface area contributed by atoms with Crippen LogP contribution in [-0.4, -0.2) is 35.5 Å². The number of likely N-dealkylation sites (N-methyl/N-ethyl adjacent to an activating group) is 1. The number of nitrogens with two attached hydrogens (primary N) is 1. The van der Waals surface area contributed by atoms with E-state index in [2.05, 4.69) is 0 Å². The van der Waals surface area contributed by atoms with E-state index >= 15 is 0 Å². The van der Waals surface area contributed by atoms with Gasteiger partial charge in [0.1, 0.15) is 5.75 Å². The second-order valence-corrected chi connectivity index (χ2v) is 4.00. The molecule has 16 heavy (non-hydrogen) atoms. The molecule has 0 aliphatic heterocycles. The van der Waals surface area contributed by atoms with Gasteiger partial charge in [0, 0.05) is 25.2 Å². The largest absolute Gasteiger partial charge is 0.508 e. The van der Waals surface area contributed by atoms with Crippen molar-refractivity contribution in [1.82, 2.24) is 4.90 Å². The van der Waals surface area contributed by atoms with Gasteiger partial charge in [0.05, 0.1) is 0 Å². The van der Waals surface area contributed by atoms with Crippen LogP contribution in [0.2, 0.25) is 0 Å². The Morgan fingerprint density at radius 2 is 2.19 bits per heavy atom. The maximum absolute atomic E-state index is 12.1. The molecule has 1 aromatic carbocycles. The Kier molecular flexibility index (Phi) is 3.90. The van der Waals surface area contributed by atoms with Crippen molar-refractivity contribution >= 4 is 5.91 Å². The van der Waals surface area contributed by atoms with E-state index in [0.717, 1.165) is 5.56 Å². The van der Waals surface area contributed by atoms with Crippen molar-refractivity contribution < 1.29 is 9.90 Å². The average Bonchev–Trinajstić information content (AvgIpc) is 2.26. The number of aromatic hydroxyl groups is 1. The SMILES string of the molecule is Cc1cc(O)ccc1C(=O)N(C)C(C)CN. The van der Waals surface area contributed by atoms with Crippen molar-refractivity contribution in [3.05, 3.63) is 29.3 Å². The van der Waals surface area contributed by atoms with Gasteiger partial charge in [-0.3, -0.25) is 4.79 Å². The molecule has 1 atom stereocenters. The molecule has 0 aliphatic rings. The van der Waals surface area contributed by atoms with Gasteiger partial charge in [0.15, 0.2) is 0 Å². The molecule has 0 radical (unpaired) electrons. The summed E-state index contributed by atoms with van der Waals surface area (Å²) in [4.78, 5) is 13.7. The van der Waals surface area contributed by atoms with Crippen LogP contribution in [0.3, 0.4) is 0 Å². The molecule has 4 heteroatoms. The molecule has 3 N–H and O–H groups in total. The van der Waals surface area contributed by atoms with Gasteiger partial charge in [-0.25, -0.2) is 0 Å². The number of carbonyl (C=O) groups is 1. The molecule has 1 amide bonds. The Balaban J connectivity index is 2.96. The van der Waals surface area contributed by atoms with E-state index in [1.807, 2.05) is 6.92 Å². The van der Waals surface area contributed by atoms with E-state index in [0.29, 0.717) is 12.1 Å². The minimum absolute atomic E-state index is 0.000651. The number of hydrogen-bond acceptors (Lipinski definition) is 3. The van der Waals surface area contributed by atoms with Crippen molar-refractivity contribution in [2.45, 2.75) is 19.9 Å². The normalized spacial score (nSPS) is 12.2. The van der Waals surface area contributed by atoms with E-state index in [1.54, 1.807) is 31.0 Å². The third kappa shape index (κ3) is 2.52. The fraction of sp³-hybridized carbons (Fsp3) is 0.417. The van der Waals surface area contributed by atoms with Crippen LogP contribution in [0.4, 0.5) is 0 Å². The Labute approximate surface area is 95.7 Å². The highest BCUT2D eigenvalue weighted by Crippen LogP contribution is 2.17. The third-order valence-corrected chi connectivity index (χ3v) is 2.76. The smallest absolute Gasteiger partial charge is 0.254 e. The average molecular weight is 222 g/mol. The molecule has 0 fully saturated rings. The molecule has 0 saturated carbocycles. The molecule has 0 bridgehead atoms. The van der Waals surface area contributed by atoms with Crippen LogP contribution in [-0.2, 0) is 0 Å². The first-order valence-corrected chi connectivity index (χ1v) is 5.24. The quantitative estimate of drug-likeness (QED) is 0.805. The summed E-state index contributed by atoms with van der Waals surface area (Å²) < 4.78 is 0. The first-order valence-electron chi connectivity index (χ1n) is 5.24. The van der Waals surface area contributed by atoms with Gasteiger partial charge in [-0.1, -0.05) is 0 Å². The lowest BCUT2D eigenvalue weighted by atomic mass is 10.1. The second-order valence-electron chi connectivity index (χ2n) is 4.00. The lowest BCUT2D eigenvalue weighted by Crippen LogP contribution is -2.39. The second kappa shape index (κ2) is 4.99. The third-order valence-electron chi connectivity index (χ3n) is 2.76. The maximum atomic E-state index is 12.1. The fourth-order valence-electron chi connectivity index (χ4n) is 1.44. The van der Waals surface area contributed by atoms with Gasteiger partial charge in [-0.05, 0) is 37.6 Å². The predicted molar refractivity (Wildman–Crippen MR) is 63.5 cm³/mol. The lowest BCUT2D eigenvalue weighted by molar-refractivity contribution is 0.0747. The minimum Gasteiger partial charge on any atom is -0.508 e. The zero-order chi connectivity index (χ0) is 12.3. The molecule has 1 aromatic rings. The summed E-state index contributed by atoms with van der Waals surface area (Å²) in [5, 5.41) is 9.27. The summed E-state index contributed by atoms with van der Waals surface area (Å²) in [6.07, 6.45) is 0. The Morgan fingerprint density at radius 3 is 2.69 bits per heavy atom. The van der Waals surface area contributed by atoms with Gasteiger partial charge < -0.3 is 15.7 Å². The van der Waals surface area contributed by atoms with Crippen LogP contribution in [0.15, 0.2) is 18.2 Å².